The molecule has 0 aromatic heterocycles. The second kappa shape index (κ2) is 5.50. The summed E-state index contributed by atoms with van der Waals surface area (Å²) in [7, 11) is 1.39. The number of aliphatic hydroxyl groups is 1. The maximum Gasteiger partial charge on any atom is 0.323 e. The number of nitrogens with zero attached hydrogens (tertiary/aromatic N) is 1. The Morgan fingerprint density at radius 3 is 3.00 bits per heavy atom. The van der Waals surface area contributed by atoms with Crippen LogP contribution in [0, 0.1) is 6.92 Å². The Hall–Kier alpha value is -1.39. The Balaban J connectivity index is 2.09. The van der Waals surface area contributed by atoms with Crippen LogP contribution in [-0.4, -0.2) is 41.8 Å². The van der Waals surface area contributed by atoms with Crippen molar-refractivity contribution in [3.05, 3.63) is 35.4 Å². The highest BCUT2D eigenvalue weighted by Crippen LogP contribution is 2.21. The van der Waals surface area contributed by atoms with Crippen LogP contribution in [0.2, 0.25) is 0 Å². The molecule has 1 saturated heterocycles. The van der Waals surface area contributed by atoms with E-state index in [0.717, 1.165) is 5.56 Å². The number of ether oxygens (including phenoxy) is 1. The van der Waals surface area contributed by atoms with E-state index in [2.05, 4.69) is 6.07 Å². The van der Waals surface area contributed by atoms with E-state index in [1.807, 2.05) is 30.0 Å². The molecule has 1 aromatic carbocycles. The van der Waals surface area contributed by atoms with E-state index in [-0.39, 0.29) is 12.0 Å². The number of esters is 1. The topological polar surface area (TPSA) is 49.8 Å². The SMILES string of the molecule is COC(=O)C1CC(O)CN1Cc1cccc(C)c1. The van der Waals surface area contributed by atoms with Gasteiger partial charge < -0.3 is 9.84 Å². The molecule has 0 radical (unpaired) electrons. The second-order valence-electron chi connectivity index (χ2n) is 4.85. The molecule has 1 aliphatic rings. The van der Waals surface area contributed by atoms with E-state index in [4.69, 9.17) is 4.74 Å². The summed E-state index contributed by atoms with van der Waals surface area (Å²) in [6.07, 6.45) is 0.0114. The number of benzene rings is 1. The van der Waals surface area contributed by atoms with Gasteiger partial charge in [-0.25, -0.2) is 0 Å². The van der Waals surface area contributed by atoms with Crippen LogP contribution in [0.5, 0.6) is 0 Å². The number of carbonyl (C=O) groups is 1. The molecule has 1 aliphatic heterocycles. The summed E-state index contributed by atoms with van der Waals surface area (Å²) in [4.78, 5) is 13.6. The number of aliphatic hydroxyl groups excluding tert-OH is 1. The first-order valence-electron chi connectivity index (χ1n) is 6.15. The monoisotopic (exact) mass is 249 g/mol. The third-order valence-electron chi connectivity index (χ3n) is 3.32. The van der Waals surface area contributed by atoms with E-state index in [9.17, 15) is 9.90 Å². The lowest BCUT2D eigenvalue weighted by atomic mass is 10.1. The van der Waals surface area contributed by atoms with Crippen LogP contribution in [-0.2, 0) is 16.1 Å². The van der Waals surface area contributed by atoms with Gasteiger partial charge in [-0.3, -0.25) is 9.69 Å². The van der Waals surface area contributed by atoms with Gasteiger partial charge in [-0.1, -0.05) is 29.8 Å². The lowest BCUT2D eigenvalue weighted by Gasteiger charge is -2.22. The van der Waals surface area contributed by atoms with Gasteiger partial charge in [0.05, 0.1) is 13.2 Å². The lowest BCUT2D eigenvalue weighted by molar-refractivity contribution is -0.146. The molecule has 98 valence electrons. The number of hydrogen-bond donors (Lipinski definition) is 1. The standard InChI is InChI=1S/C14H19NO3/c1-10-4-3-5-11(6-10)8-15-9-12(16)7-13(15)14(17)18-2/h3-6,12-13,16H,7-9H2,1-2H3. The fourth-order valence-corrected chi connectivity index (χ4v) is 2.48. The van der Waals surface area contributed by atoms with Crippen LogP contribution in [0.1, 0.15) is 17.5 Å². The van der Waals surface area contributed by atoms with Crippen LogP contribution in [0.25, 0.3) is 0 Å². The Labute approximate surface area is 107 Å². The zero-order valence-corrected chi connectivity index (χ0v) is 10.8. The largest absolute Gasteiger partial charge is 0.468 e. The van der Waals surface area contributed by atoms with Crippen molar-refractivity contribution in [2.45, 2.75) is 32.0 Å². The summed E-state index contributed by atoms with van der Waals surface area (Å²) >= 11 is 0. The van der Waals surface area contributed by atoms with Gasteiger partial charge in [0.15, 0.2) is 0 Å². The molecule has 0 bridgehead atoms. The minimum absolute atomic E-state index is 0.265. The predicted molar refractivity (Wildman–Crippen MR) is 68.0 cm³/mol. The molecule has 2 atom stereocenters. The quantitative estimate of drug-likeness (QED) is 0.815. The van der Waals surface area contributed by atoms with Gasteiger partial charge in [0, 0.05) is 19.5 Å². The van der Waals surface area contributed by atoms with Gasteiger partial charge in [0.25, 0.3) is 0 Å². The minimum atomic E-state index is -0.445. The number of carbonyl (C=O) groups excluding carboxylic acids is 1. The number of likely N-dealkylation sites (tertiary alicyclic amines) is 1. The first kappa shape index (κ1) is 13.1. The normalized spacial score (nSPS) is 24.2. The highest BCUT2D eigenvalue weighted by atomic mass is 16.5. The molecule has 1 heterocycles. The van der Waals surface area contributed by atoms with E-state index in [0.29, 0.717) is 19.5 Å². The fraction of sp³-hybridized carbons (Fsp3) is 0.500. The third-order valence-corrected chi connectivity index (χ3v) is 3.32. The van der Waals surface area contributed by atoms with Gasteiger partial charge in [-0.2, -0.15) is 0 Å². The molecule has 0 saturated carbocycles. The summed E-state index contributed by atoms with van der Waals surface area (Å²) in [5.41, 5.74) is 2.35. The van der Waals surface area contributed by atoms with Gasteiger partial charge in [-0.15, -0.1) is 0 Å². The smallest absolute Gasteiger partial charge is 0.323 e. The van der Waals surface area contributed by atoms with Crippen LogP contribution < -0.4 is 0 Å². The molecule has 2 rings (SSSR count). The Kier molecular flexibility index (Phi) is 3.99. The summed E-state index contributed by atoms with van der Waals surface area (Å²) < 4.78 is 4.78. The molecule has 4 nitrogen and oxygen atoms in total. The molecule has 4 heteroatoms. The van der Waals surface area contributed by atoms with E-state index in [1.165, 1.54) is 12.7 Å². The van der Waals surface area contributed by atoms with Crippen LogP contribution in [0.15, 0.2) is 24.3 Å². The Morgan fingerprint density at radius 2 is 2.33 bits per heavy atom. The molecular formula is C14H19NO3. The van der Waals surface area contributed by atoms with Gasteiger partial charge >= 0.3 is 5.97 Å². The molecule has 18 heavy (non-hydrogen) atoms. The van der Waals surface area contributed by atoms with Crippen molar-refractivity contribution >= 4 is 5.97 Å². The molecule has 2 unspecified atom stereocenters. The maximum absolute atomic E-state index is 11.7. The van der Waals surface area contributed by atoms with Crippen LogP contribution in [0.4, 0.5) is 0 Å². The molecule has 1 N–H and O–H groups in total. The van der Waals surface area contributed by atoms with E-state index in [1.54, 1.807) is 0 Å². The highest BCUT2D eigenvalue weighted by Gasteiger charge is 2.36. The van der Waals surface area contributed by atoms with E-state index < -0.39 is 6.10 Å². The van der Waals surface area contributed by atoms with Crippen molar-refractivity contribution in [1.29, 1.82) is 0 Å². The number of β-amino-alcohol motifs (C(OH)–C–C–N with tert-alkyl or cyclic N) is 1. The number of methoxy groups -OCH3 is 1. The molecule has 1 aromatic rings. The van der Waals surface area contributed by atoms with Gasteiger partial charge in [0.2, 0.25) is 0 Å². The molecular weight excluding hydrogens is 230 g/mol. The zero-order chi connectivity index (χ0) is 13.1. The summed E-state index contributed by atoms with van der Waals surface area (Å²) in [5, 5.41) is 9.70. The minimum Gasteiger partial charge on any atom is -0.468 e. The van der Waals surface area contributed by atoms with Crippen molar-refractivity contribution in [2.24, 2.45) is 0 Å². The number of aryl methyl sites for hydroxylation is 1. The van der Waals surface area contributed by atoms with Crippen molar-refractivity contribution in [1.82, 2.24) is 4.90 Å². The van der Waals surface area contributed by atoms with Crippen molar-refractivity contribution in [3.63, 3.8) is 0 Å². The maximum atomic E-state index is 11.7. The second-order valence-corrected chi connectivity index (χ2v) is 4.85. The first-order chi connectivity index (χ1) is 8.60. The van der Waals surface area contributed by atoms with Gasteiger partial charge in [-0.05, 0) is 12.5 Å². The number of rotatable bonds is 3. The molecule has 0 aliphatic carbocycles. The summed E-state index contributed by atoms with van der Waals surface area (Å²) in [6, 6.07) is 7.85. The molecule has 1 fully saturated rings. The predicted octanol–water partition coefficient (Wildman–Crippen LogP) is 1.10. The summed E-state index contributed by atoms with van der Waals surface area (Å²) in [6.45, 7) is 3.23. The Morgan fingerprint density at radius 1 is 1.56 bits per heavy atom. The average Bonchev–Trinajstić information content (AvgIpc) is 2.69. The highest BCUT2D eigenvalue weighted by molar-refractivity contribution is 5.76. The Bertz CT molecular complexity index is 433. The van der Waals surface area contributed by atoms with Gasteiger partial charge in [0.1, 0.15) is 6.04 Å². The average molecular weight is 249 g/mol. The molecule has 0 amide bonds. The molecule has 0 spiro atoms. The van der Waals surface area contributed by atoms with Crippen LogP contribution >= 0.6 is 0 Å². The van der Waals surface area contributed by atoms with Crippen molar-refractivity contribution < 1.29 is 14.6 Å². The van der Waals surface area contributed by atoms with Crippen molar-refractivity contribution in [3.8, 4) is 0 Å². The van der Waals surface area contributed by atoms with Crippen LogP contribution in [0.3, 0.4) is 0 Å². The van der Waals surface area contributed by atoms with Crippen molar-refractivity contribution in [2.75, 3.05) is 13.7 Å². The third kappa shape index (κ3) is 2.89. The zero-order valence-electron chi connectivity index (χ0n) is 10.8. The fourth-order valence-electron chi connectivity index (χ4n) is 2.48. The summed E-state index contributed by atoms with van der Waals surface area (Å²) in [5.74, 6) is -0.265. The van der Waals surface area contributed by atoms with E-state index >= 15 is 0 Å². The number of hydrogen-bond acceptors (Lipinski definition) is 4. The lowest BCUT2D eigenvalue weighted by Crippen LogP contribution is -2.36. The first-order valence-corrected chi connectivity index (χ1v) is 6.15.